The van der Waals surface area contributed by atoms with Gasteiger partial charge in [0.2, 0.25) is 0 Å². The molecule has 2 atom stereocenters. The van der Waals surface area contributed by atoms with Crippen LogP contribution in [0, 0.1) is 18.7 Å². The molecule has 32 heavy (non-hydrogen) atoms. The smallest absolute Gasteiger partial charge is 0.407 e. The standard InChI is InChI=1S/C23H29ClFN3O4/c1-13-18(20(28-32-13)19-16(24)9-6-10-17(19)25)21(29)26-12-14-7-5-8-15(11-14)27-22(30)31-23(2,3)4/h6,9-10,14-15H,5,7-8,11-12H2,1-4H3,(H,26,29)(H,27,30). The summed E-state index contributed by atoms with van der Waals surface area (Å²) in [6.45, 7) is 7.48. The third-order valence-electron chi connectivity index (χ3n) is 5.34. The Hall–Kier alpha value is -2.61. The highest BCUT2D eigenvalue weighted by atomic mass is 35.5. The maximum Gasteiger partial charge on any atom is 0.407 e. The number of carbonyl (C=O) groups excluding carboxylic acids is 2. The number of benzene rings is 1. The van der Waals surface area contributed by atoms with E-state index in [-0.39, 0.29) is 39.6 Å². The van der Waals surface area contributed by atoms with Gasteiger partial charge in [-0.2, -0.15) is 0 Å². The van der Waals surface area contributed by atoms with Crippen LogP contribution in [0.5, 0.6) is 0 Å². The first kappa shape index (κ1) is 24.0. The van der Waals surface area contributed by atoms with Crippen LogP contribution < -0.4 is 10.6 Å². The Kier molecular flexibility index (Phi) is 7.44. The fraction of sp³-hybridized carbons (Fsp3) is 0.522. The van der Waals surface area contributed by atoms with Crippen LogP contribution in [0.1, 0.15) is 62.6 Å². The second kappa shape index (κ2) is 9.90. The Bertz CT molecular complexity index is 966. The lowest BCUT2D eigenvalue weighted by molar-refractivity contribution is 0.0483. The zero-order valence-electron chi connectivity index (χ0n) is 18.8. The van der Waals surface area contributed by atoms with Gasteiger partial charge in [0.15, 0.2) is 0 Å². The predicted molar refractivity (Wildman–Crippen MR) is 119 cm³/mol. The third-order valence-corrected chi connectivity index (χ3v) is 5.66. The van der Waals surface area contributed by atoms with E-state index in [9.17, 15) is 14.0 Å². The van der Waals surface area contributed by atoms with E-state index in [0.717, 1.165) is 25.7 Å². The molecule has 7 nitrogen and oxygen atoms in total. The number of rotatable bonds is 5. The third kappa shape index (κ3) is 6.00. The Morgan fingerprint density at radius 1 is 1.31 bits per heavy atom. The van der Waals surface area contributed by atoms with Gasteiger partial charge in [-0.05, 0) is 65.0 Å². The summed E-state index contributed by atoms with van der Waals surface area (Å²) in [5, 5.41) is 9.85. The van der Waals surface area contributed by atoms with Gasteiger partial charge >= 0.3 is 6.09 Å². The molecule has 174 valence electrons. The zero-order chi connectivity index (χ0) is 23.5. The molecule has 2 N–H and O–H groups in total. The number of ether oxygens (including phenoxy) is 1. The summed E-state index contributed by atoms with van der Waals surface area (Å²) in [4.78, 5) is 25.0. The van der Waals surface area contributed by atoms with Crippen molar-refractivity contribution in [2.45, 2.75) is 65.0 Å². The summed E-state index contributed by atoms with van der Waals surface area (Å²) in [5.74, 6) is -0.512. The van der Waals surface area contributed by atoms with Gasteiger partial charge < -0.3 is 19.9 Å². The van der Waals surface area contributed by atoms with Crippen molar-refractivity contribution < 1.29 is 23.2 Å². The summed E-state index contributed by atoms with van der Waals surface area (Å²) in [5.41, 5.74) is -0.274. The second-order valence-corrected chi connectivity index (χ2v) is 9.55. The SMILES string of the molecule is Cc1onc(-c2c(F)cccc2Cl)c1C(=O)NCC1CCCC(NC(=O)OC(C)(C)C)C1. The Balaban J connectivity index is 1.63. The van der Waals surface area contributed by atoms with Crippen molar-refractivity contribution in [1.29, 1.82) is 0 Å². The molecular weight excluding hydrogens is 437 g/mol. The molecule has 0 spiro atoms. The van der Waals surface area contributed by atoms with Crippen molar-refractivity contribution in [3.8, 4) is 11.3 Å². The number of alkyl carbamates (subject to hydrolysis) is 1. The van der Waals surface area contributed by atoms with E-state index in [2.05, 4.69) is 15.8 Å². The Labute approximate surface area is 192 Å². The van der Waals surface area contributed by atoms with Gasteiger partial charge in [-0.1, -0.05) is 29.2 Å². The molecule has 1 aromatic carbocycles. The minimum atomic E-state index is -0.580. The molecule has 3 rings (SSSR count). The number of hydrogen-bond donors (Lipinski definition) is 2. The van der Waals surface area contributed by atoms with E-state index in [1.807, 2.05) is 20.8 Å². The number of carbonyl (C=O) groups is 2. The second-order valence-electron chi connectivity index (χ2n) is 9.14. The minimum absolute atomic E-state index is 0.00869. The van der Waals surface area contributed by atoms with Crippen LogP contribution in [0.4, 0.5) is 9.18 Å². The van der Waals surface area contributed by atoms with Crippen LogP contribution in [0.15, 0.2) is 22.7 Å². The van der Waals surface area contributed by atoms with E-state index in [4.69, 9.17) is 20.9 Å². The van der Waals surface area contributed by atoms with Gasteiger partial charge in [-0.3, -0.25) is 4.79 Å². The van der Waals surface area contributed by atoms with Gasteiger partial charge in [0, 0.05) is 12.6 Å². The van der Waals surface area contributed by atoms with Crippen LogP contribution >= 0.6 is 11.6 Å². The van der Waals surface area contributed by atoms with Crippen molar-refractivity contribution >= 4 is 23.6 Å². The lowest BCUT2D eigenvalue weighted by atomic mass is 9.85. The number of aryl methyl sites for hydroxylation is 1. The quantitative estimate of drug-likeness (QED) is 0.628. The molecule has 0 saturated heterocycles. The molecule has 2 aromatic rings. The number of nitrogens with zero attached hydrogens (tertiary/aromatic N) is 1. The van der Waals surface area contributed by atoms with Crippen LogP contribution in [0.2, 0.25) is 5.02 Å². The summed E-state index contributed by atoms with van der Waals surface area (Å²) in [6.07, 6.45) is 3.03. The normalized spacial score (nSPS) is 18.8. The van der Waals surface area contributed by atoms with Crippen molar-refractivity contribution in [2.75, 3.05) is 6.54 Å². The summed E-state index contributed by atoms with van der Waals surface area (Å²) < 4.78 is 24.9. The van der Waals surface area contributed by atoms with E-state index in [1.165, 1.54) is 18.2 Å². The summed E-state index contributed by atoms with van der Waals surface area (Å²) in [7, 11) is 0. The topological polar surface area (TPSA) is 93.5 Å². The Morgan fingerprint density at radius 3 is 2.75 bits per heavy atom. The van der Waals surface area contributed by atoms with Crippen LogP contribution in [0.25, 0.3) is 11.3 Å². The highest BCUT2D eigenvalue weighted by molar-refractivity contribution is 6.33. The van der Waals surface area contributed by atoms with Crippen molar-refractivity contribution in [1.82, 2.24) is 15.8 Å². The maximum atomic E-state index is 14.4. The first-order chi connectivity index (χ1) is 15.0. The minimum Gasteiger partial charge on any atom is -0.444 e. The number of hydrogen-bond acceptors (Lipinski definition) is 5. The lowest BCUT2D eigenvalue weighted by Gasteiger charge is -2.30. The monoisotopic (exact) mass is 465 g/mol. The largest absolute Gasteiger partial charge is 0.444 e. The Morgan fingerprint density at radius 2 is 2.06 bits per heavy atom. The summed E-state index contributed by atoms with van der Waals surface area (Å²) >= 11 is 6.15. The highest BCUT2D eigenvalue weighted by Crippen LogP contribution is 2.33. The molecule has 2 unspecified atom stereocenters. The van der Waals surface area contributed by atoms with Crippen molar-refractivity contribution in [3.05, 3.63) is 40.4 Å². The number of nitrogens with one attached hydrogen (secondary N) is 2. The molecule has 1 aliphatic rings. The molecular formula is C23H29ClFN3O4. The van der Waals surface area contributed by atoms with E-state index < -0.39 is 23.4 Å². The number of aromatic nitrogens is 1. The molecule has 1 saturated carbocycles. The average Bonchev–Trinajstić information content (AvgIpc) is 3.06. The molecule has 1 fully saturated rings. The molecule has 2 amide bonds. The van der Waals surface area contributed by atoms with Gasteiger partial charge in [-0.15, -0.1) is 0 Å². The lowest BCUT2D eigenvalue weighted by Crippen LogP contribution is -2.43. The molecule has 1 aliphatic carbocycles. The number of amides is 2. The van der Waals surface area contributed by atoms with Crippen molar-refractivity contribution in [3.63, 3.8) is 0 Å². The van der Waals surface area contributed by atoms with E-state index in [1.54, 1.807) is 6.92 Å². The van der Waals surface area contributed by atoms with Crippen LogP contribution in [-0.2, 0) is 4.74 Å². The first-order valence-electron chi connectivity index (χ1n) is 10.7. The van der Waals surface area contributed by atoms with Gasteiger partial charge in [0.05, 0.1) is 10.6 Å². The van der Waals surface area contributed by atoms with E-state index >= 15 is 0 Å². The van der Waals surface area contributed by atoms with Crippen molar-refractivity contribution in [2.24, 2.45) is 5.92 Å². The molecule has 0 radical (unpaired) electrons. The fourth-order valence-corrected chi connectivity index (χ4v) is 4.19. The molecule has 1 heterocycles. The predicted octanol–water partition coefficient (Wildman–Crippen LogP) is 5.26. The van der Waals surface area contributed by atoms with Crippen LogP contribution in [0.3, 0.4) is 0 Å². The van der Waals surface area contributed by atoms with Gasteiger partial charge in [0.1, 0.15) is 28.4 Å². The molecule has 1 aromatic heterocycles. The van der Waals surface area contributed by atoms with E-state index in [0.29, 0.717) is 6.54 Å². The molecule has 0 bridgehead atoms. The molecule has 9 heteroatoms. The number of halogens is 2. The molecule has 0 aliphatic heterocycles. The first-order valence-corrected chi connectivity index (χ1v) is 11.1. The highest BCUT2D eigenvalue weighted by Gasteiger charge is 2.28. The summed E-state index contributed by atoms with van der Waals surface area (Å²) in [6, 6.07) is 4.27. The maximum absolute atomic E-state index is 14.4. The average molecular weight is 466 g/mol. The van der Waals surface area contributed by atoms with Gasteiger partial charge in [-0.25, -0.2) is 9.18 Å². The zero-order valence-corrected chi connectivity index (χ0v) is 19.5. The van der Waals surface area contributed by atoms with Crippen LogP contribution in [-0.4, -0.2) is 35.3 Å². The fourth-order valence-electron chi connectivity index (χ4n) is 3.94. The van der Waals surface area contributed by atoms with Gasteiger partial charge in [0.25, 0.3) is 5.91 Å².